The molecule has 1 aromatic rings. The number of methoxy groups -OCH3 is 1. The first-order valence-electron chi connectivity index (χ1n) is 6.77. The summed E-state index contributed by atoms with van der Waals surface area (Å²) < 4.78 is 10.8. The summed E-state index contributed by atoms with van der Waals surface area (Å²) in [6, 6.07) is 7.59. The van der Waals surface area contributed by atoms with Crippen LogP contribution >= 0.6 is 0 Å². The van der Waals surface area contributed by atoms with Crippen molar-refractivity contribution >= 4 is 5.91 Å². The van der Waals surface area contributed by atoms with Crippen molar-refractivity contribution in [3.05, 3.63) is 29.8 Å². The van der Waals surface area contributed by atoms with Crippen molar-refractivity contribution in [1.29, 1.82) is 0 Å². The first-order chi connectivity index (χ1) is 9.51. The SMILES string of the molecule is CCCNC(C)(COc1cccc(COC)c1)C(N)=O. The molecule has 0 aliphatic carbocycles. The minimum atomic E-state index is -0.868. The Kier molecular flexibility index (Phi) is 6.48. The summed E-state index contributed by atoms with van der Waals surface area (Å²) >= 11 is 0. The Morgan fingerprint density at radius 3 is 2.80 bits per heavy atom. The van der Waals surface area contributed by atoms with E-state index in [9.17, 15) is 4.79 Å². The van der Waals surface area contributed by atoms with Crippen LogP contribution in [0.1, 0.15) is 25.8 Å². The predicted octanol–water partition coefficient (Wildman–Crippen LogP) is 1.46. The molecule has 1 rings (SSSR count). The maximum Gasteiger partial charge on any atom is 0.240 e. The van der Waals surface area contributed by atoms with E-state index in [1.54, 1.807) is 14.0 Å². The van der Waals surface area contributed by atoms with E-state index in [0.29, 0.717) is 18.9 Å². The molecule has 1 unspecified atom stereocenters. The number of benzene rings is 1. The fourth-order valence-corrected chi connectivity index (χ4v) is 1.73. The summed E-state index contributed by atoms with van der Waals surface area (Å²) in [7, 11) is 1.65. The van der Waals surface area contributed by atoms with Crippen LogP contribution in [0.25, 0.3) is 0 Å². The van der Waals surface area contributed by atoms with Gasteiger partial charge in [0.15, 0.2) is 0 Å². The lowest BCUT2D eigenvalue weighted by Crippen LogP contribution is -2.57. The first-order valence-corrected chi connectivity index (χ1v) is 6.77. The maximum absolute atomic E-state index is 11.6. The highest BCUT2D eigenvalue weighted by molar-refractivity contribution is 5.84. The van der Waals surface area contributed by atoms with Crippen LogP contribution in [0.4, 0.5) is 0 Å². The lowest BCUT2D eigenvalue weighted by molar-refractivity contribution is -0.125. The molecule has 5 heteroatoms. The lowest BCUT2D eigenvalue weighted by Gasteiger charge is -2.27. The average Bonchev–Trinajstić information content (AvgIpc) is 2.43. The quantitative estimate of drug-likeness (QED) is 0.718. The highest BCUT2D eigenvalue weighted by Gasteiger charge is 2.31. The van der Waals surface area contributed by atoms with Gasteiger partial charge in [0.2, 0.25) is 5.91 Å². The van der Waals surface area contributed by atoms with Crippen LogP contribution < -0.4 is 15.8 Å². The van der Waals surface area contributed by atoms with Gasteiger partial charge in [-0.2, -0.15) is 0 Å². The molecule has 1 aromatic carbocycles. The molecule has 0 heterocycles. The van der Waals surface area contributed by atoms with Gasteiger partial charge in [0.25, 0.3) is 0 Å². The van der Waals surface area contributed by atoms with E-state index >= 15 is 0 Å². The van der Waals surface area contributed by atoms with Gasteiger partial charge in [-0.05, 0) is 37.6 Å². The minimum Gasteiger partial charge on any atom is -0.491 e. The van der Waals surface area contributed by atoms with Crippen LogP contribution in [-0.2, 0) is 16.1 Å². The molecule has 1 atom stereocenters. The Balaban J connectivity index is 2.67. The fourth-order valence-electron chi connectivity index (χ4n) is 1.73. The van der Waals surface area contributed by atoms with Crippen molar-refractivity contribution < 1.29 is 14.3 Å². The highest BCUT2D eigenvalue weighted by Crippen LogP contribution is 2.16. The van der Waals surface area contributed by atoms with Crippen molar-refractivity contribution in [3.8, 4) is 5.75 Å². The van der Waals surface area contributed by atoms with E-state index in [0.717, 1.165) is 12.0 Å². The molecule has 0 aliphatic heterocycles. The van der Waals surface area contributed by atoms with E-state index in [1.807, 2.05) is 31.2 Å². The normalized spacial score (nSPS) is 13.8. The van der Waals surface area contributed by atoms with Gasteiger partial charge in [-0.3, -0.25) is 4.79 Å². The van der Waals surface area contributed by atoms with Crippen LogP contribution in [0.2, 0.25) is 0 Å². The van der Waals surface area contributed by atoms with Crippen LogP contribution in [0.5, 0.6) is 5.75 Å². The number of carbonyl (C=O) groups excluding carboxylic acids is 1. The van der Waals surface area contributed by atoms with E-state index in [-0.39, 0.29) is 6.61 Å². The molecule has 5 nitrogen and oxygen atoms in total. The van der Waals surface area contributed by atoms with E-state index in [4.69, 9.17) is 15.2 Å². The molecule has 0 radical (unpaired) electrons. The fraction of sp³-hybridized carbons (Fsp3) is 0.533. The van der Waals surface area contributed by atoms with E-state index in [1.165, 1.54) is 0 Å². The molecule has 3 N–H and O–H groups in total. The molecule has 0 aliphatic rings. The zero-order chi connectivity index (χ0) is 15.0. The van der Waals surface area contributed by atoms with Gasteiger partial charge in [-0.25, -0.2) is 0 Å². The summed E-state index contributed by atoms with van der Waals surface area (Å²) in [5.74, 6) is 0.282. The molecular weight excluding hydrogens is 256 g/mol. The summed E-state index contributed by atoms with van der Waals surface area (Å²) in [6.07, 6.45) is 0.923. The standard InChI is InChI=1S/C15H24N2O3/c1-4-8-17-15(2,14(16)18)11-20-13-7-5-6-12(9-13)10-19-3/h5-7,9,17H,4,8,10-11H2,1-3H3,(H2,16,18). The predicted molar refractivity (Wildman–Crippen MR) is 78.5 cm³/mol. The zero-order valence-corrected chi connectivity index (χ0v) is 12.4. The van der Waals surface area contributed by atoms with Crippen molar-refractivity contribution in [3.63, 3.8) is 0 Å². The molecule has 20 heavy (non-hydrogen) atoms. The maximum atomic E-state index is 11.6. The number of primary amides is 1. The molecule has 112 valence electrons. The van der Waals surface area contributed by atoms with Gasteiger partial charge in [0.1, 0.15) is 17.9 Å². The Morgan fingerprint density at radius 2 is 2.20 bits per heavy atom. The van der Waals surface area contributed by atoms with Crippen LogP contribution in [-0.4, -0.2) is 31.7 Å². The van der Waals surface area contributed by atoms with Crippen molar-refractivity contribution in [2.45, 2.75) is 32.4 Å². The van der Waals surface area contributed by atoms with Crippen LogP contribution in [0, 0.1) is 0 Å². The van der Waals surface area contributed by atoms with Crippen molar-refractivity contribution in [2.75, 3.05) is 20.3 Å². The molecular formula is C15H24N2O3. The number of ether oxygens (including phenoxy) is 2. The smallest absolute Gasteiger partial charge is 0.240 e. The number of carbonyl (C=O) groups is 1. The minimum absolute atomic E-state index is 0.193. The Hall–Kier alpha value is -1.59. The first kappa shape index (κ1) is 16.5. The van der Waals surface area contributed by atoms with Crippen molar-refractivity contribution in [1.82, 2.24) is 5.32 Å². The summed E-state index contributed by atoms with van der Waals surface area (Å²) in [5, 5.41) is 3.13. The average molecular weight is 280 g/mol. The third-order valence-corrected chi connectivity index (χ3v) is 3.05. The Labute approximate surface area is 120 Å². The molecule has 0 fully saturated rings. The van der Waals surface area contributed by atoms with Crippen LogP contribution in [0.15, 0.2) is 24.3 Å². The lowest BCUT2D eigenvalue weighted by atomic mass is 10.0. The second-order valence-electron chi connectivity index (χ2n) is 4.99. The summed E-state index contributed by atoms with van der Waals surface area (Å²) in [6.45, 7) is 5.22. The largest absolute Gasteiger partial charge is 0.491 e. The number of nitrogens with two attached hydrogens (primary N) is 1. The molecule has 1 amide bonds. The summed E-state index contributed by atoms with van der Waals surface area (Å²) in [5.41, 5.74) is 5.60. The molecule has 0 bridgehead atoms. The molecule has 0 spiro atoms. The number of rotatable bonds is 9. The van der Waals surface area contributed by atoms with Gasteiger partial charge >= 0.3 is 0 Å². The number of nitrogens with one attached hydrogen (secondary N) is 1. The van der Waals surface area contributed by atoms with E-state index in [2.05, 4.69) is 5.32 Å². The van der Waals surface area contributed by atoms with Crippen LogP contribution in [0.3, 0.4) is 0 Å². The van der Waals surface area contributed by atoms with Gasteiger partial charge in [0, 0.05) is 7.11 Å². The van der Waals surface area contributed by atoms with Gasteiger partial charge in [-0.1, -0.05) is 19.1 Å². The molecule has 0 saturated carbocycles. The highest BCUT2D eigenvalue weighted by atomic mass is 16.5. The number of amides is 1. The second kappa shape index (κ2) is 7.87. The summed E-state index contributed by atoms with van der Waals surface area (Å²) in [4.78, 5) is 11.6. The topological polar surface area (TPSA) is 73.6 Å². The van der Waals surface area contributed by atoms with Gasteiger partial charge < -0.3 is 20.5 Å². The third kappa shape index (κ3) is 4.83. The zero-order valence-electron chi connectivity index (χ0n) is 12.4. The molecule has 0 saturated heterocycles. The Morgan fingerprint density at radius 1 is 1.45 bits per heavy atom. The number of hydrogen-bond donors (Lipinski definition) is 2. The van der Waals surface area contributed by atoms with Gasteiger partial charge in [-0.15, -0.1) is 0 Å². The Bertz CT molecular complexity index is 437. The monoisotopic (exact) mass is 280 g/mol. The third-order valence-electron chi connectivity index (χ3n) is 3.05. The second-order valence-corrected chi connectivity index (χ2v) is 4.99. The van der Waals surface area contributed by atoms with Crippen molar-refractivity contribution in [2.24, 2.45) is 5.73 Å². The van der Waals surface area contributed by atoms with E-state index < -0.39 is 11.4 Å². The molecule has 0 aromatic heterocycles. The number of hydrogen-bond acceptors (Lipinski definition) is 4. The van der Waals surface area contributed by atoms with Gasteiger partial charge in [0.05, 0.1) is 6.61 Å².